The van der Waals surface area contributed by atoms with Crippen LogP contribution in [0, 0.1) is 20.8 Å². The number of aryl methyl sites for hydroxylation is 1. The van der Waals surface area contributed by atoms with Gasteiger partial charge in [0.1, 0.15) is 0 Å². The second kappa shape index (κ2) is 6.04. The Morgan fingerprint density at radius 1 is 1.21 bits per heavy atom. The molecule has 3 heteroatoms. The Balaban J connectivity index is 2.36. The van der Waals surface area contributed by atoms with E-state index in [1.807, 2.05) is 0 Å². The van der Waals surface area contributed by atoms with Crippen molar-refractivity contribution in [3.8, 4) is 0 Å². The van der Waals surface area contributed by atoms with Crippen LogP contribution in [0.25, 0.3) is 0 Å². The standard InChI is InChI=1S/C16H26N2O/c1-11-6-7-14(13(3)12(11)2)16(18(4)5)15-10-19-9-8-17-15/h6-7,15-17H,8-10H2,1-5H3. The van der Waals surface area contributed by atoms with Gasteiger partial charge in [-0.2, -0.15) is 0 Å². The van der Waals surface area contributed by atoms with Crippen molar-refractivity contribution >= 4 is 0 Å². The van der Waals surface area contributed by atoms with Crippen molar-refractivity contribution in [2.45, 2.75) is 32.9 Å². The van der Waals surface area contributed by atoms with Crippen LogP contribution in [-0.4, -0.2) is 44.8 Å². The van der Waals surface area contributed by atoms with Crippen molar-refractivity contribution in [1.29, 1.82) is 0 Å². The number of ether oxygens (including phenoxy) is 1. The summed E-state index contributed by atoms with van der Waals surface area (Å²) in [4.78, 5) is 2.30. The molecule has 0 spiro atoms. The van der Waals surface area contributed by atoms with E-state index in [0.717, 1.165) is 19.8 Å². The minimum Gasteiger partial charge on any atom is -0.378 e. The zero-order chi connectivity index (χ0) is 14.0. The lowest BCUT2D eigenvalue weighted by molar-refractivity contribution is 0.0458. The van der Waals surface area contributed by atoms with Crippen molar-refractivity contribution in [1.82, 2.24) is 10.2 Å². The molecular weight excluding hydrogens is 236 g/mol. The Bertz CT molecular complexity index is 437. The van der Waals surface area contributed by atoms with Crippen molar-refractivity contribution in [2.24, 2.45) is 0 Å². The first-order chi connectivity index (χ1) is 9.02. The molecule has 1 aromatic carbocycles. The monoisotopic (exact) mass is 262 g/mol. The molecule has 0 bridgehead atoms. The molecule has 0 amide bonds. The van der Waals surface area contributed by atoms with E-state index in [1.54, 1.807) is 0 Å². The zero-order valence-electron chi connectivity index (χ0n) is 12.8. The Morgan fingerprint density at radius 2 is 1.95 bits per heavy atom. The Morgan fingerprint density at radius 3 is 2.53 bits per heavy atom. The zero-order valence-corrected chi connectivity index (χ0v) is 12.8. The van der Waals surface area contributed by atoms with Crippen LogP contribution in [0.3, 0.4) is 0 Å². The highest BCUT2D eigenvalue weighted by molar-refractivity contribution is 5.41. The molecule has 19 heavy (non-hydrogen) atoms. The summed E-state index contributed by atoms with van der Waals surface area (Å²) in [7, 11) is 4.30. The molecule has 2 rings (SSSR count). The minimum atomic E-state index is 0.361. The van der Waals surface area contributed by atoms with Gasteiger partial charge in [0.25, 0.3) is 0 Å². The summed E-state index contributed by atoms with van der Waals surface area (Å²) in [6.07, 6.45) is 0. The normalized spacial score (nSPS) is 21.7. The van der Waals surface area contributed by atoms with Crippen LogP contribution in [0.4, 0.5) is 0 Å². The second-order valence-electron chi connectivity index (χ2n) is 5.77. The van der Waals surface area contributed by atoms with Crippen LogP contribution >= 0.6 is 0 Å². The number of morpholine rings is 1. The quantitative estimate of drug-likeness (QED) is 0.904. The van der Waals surface area contributed by atoms with E-state index < -0.39 is 0 Å². The largest absolute Gasteiger partial charge is 0.378 e. The van der Waals surface area contributed by atoms with Gasteiger partial charge in [-0.25, -0.2) is 0 Å². The number of benzene rings is 1. The first-order valence-electron chi connectivity index (χ1n) is 7.06. The Kier molecular flexibility index (Phi) is 4.61. The van der Waals surface area contributed by atoms with E-state index in [0.29, 0.717) is 12.1 Å². The molecular formula is C16H26N2O. The van der Waals surface area contributed by atoms with Crippen LogP contribution < -0.4 is 5.32 Å². The van der Waals surface area contributed by atoms with Crippen molar-refractivity contribution < 1.29 is 4.74 Å². The number of nitrogens with zero attached hydrogens (tertiary/aromatic N) is 1. The predicted octanol–water partition coefficient (Wildman–Crippen LogP) is 2.20. The summed E-state index contributed by atoms with van der Waals surface area (Å²) in [5, 5.41) is 3.59. The van der Waals surface area contributed by atoms with Gasteiger partial charge in [-0.15, -0.1) is 0 Å². The highest BCUT2D eigenvalue weighted by Gasteiger charge is 2.28. The second-order valence-corrected chi connectivity index (χ2v) is 5.77. The third-order valence-electron chi connectivity index (χ3n) is 4.31. The minimum absolute atomic E-state index is 0.361. The van der Waals surface area contributed by atoms with Crippen LogP contribution in [0.5, 0.6) is 0 Å². The molecule has 1 aromatic rings. The van der Waals surface area contributed by atoms with Gasteiger partial charge in [-0.3, -0.25) is 0 Å². The fourth-order valence-electron chi connectivity index (χ4n) is 2.94. The highest BCUT2D eigenvalue weighted by Crippen LogP contribution is 2.29. The Labute approximate surface area is 116 Å². The molecule has 0 aromatic heterocycles. The smallest absolute Gasteiger partial charge is 0.0639 e. The fraction of sp³-hybridized carbons (Fsp3) is 0.625. The number of likely N-dealkylation sites (N-methyl/N-ethyl adjacent to an activating group) is 1. The molecule has 1 N–H and O–H groups in total. The first kappa shape index (κ1) is 14.5. The molecule has 0 aliphatic carbocycles. The van der Waals surface area contributed by atoms with Crippen molar-refractivity contribution in [3.63, 3.8) is 0 Å². The topological polar surface area (TPSA) is 24.5 Å². The van der Waals surface area contributed by atoms with Gasteiger partial charge in [0.2, 0.25) is 0 Å². The average molecular weight is 262 g/mol. The number of hydrogen-bond donors (Lipinski definition) is 1. The molecule has 106 valence electrons. The van der Waals surface area contributed by atoms with Gasteiger partial charge in [0, 0.05) is 6.54 Å². The molecule has 1 aliphatic heterocycles. The third kappa shape index (κ3) is 2.99. The molecule has 0 saturated carbocycles. The highest BCUT2D eigenvalue weighted by atomic mass is 16.5. The van der Waals surface area contributed by atoms with Crippen LogP contribution in [0.1, 0.15) is 28.3 Å². The first-order valence-corrected chi connectivity index (χ1v) is 7.06. The summed E-state index contributed by atoms with van der Waals surface area (Å²) in [6, 6.07) is 5.24. The number of hydrogen-bond acceptors (Lipinski definition) is 3. The summed E-state index contributed by atoms with van der Waals surface area (Å²) >= 11 is 0. The van der Waals surface area contributed by atoms with E-state index in [2.05, 4.69) is 57.2 Å². The molecule has 1 fully saturated rings. The maximum absolute atomic E-state index is 5.64. The summed E-state index contributed by atoms with van der Waals surface area (Å²) < 4.78 is 5.64. The number of nitrogens with one attached hydrogen (secondary N) is 1. The third-order valence-corrected chi connectivity index (χ3v) is 4.31. The SMILES string of the molecule is Cc1ccc(C(C2COCCN2)N(C)C)c(C)c1C. The van der Waals surface area contributed by atoms with Gasteiger partial charge in [-0.1, -0.05) is 12.1 Å². The van der Waals surface area contributed by atoms with E-state index in [1.165, 1.54) is 22.3 Å². The summed E-state index contributed by atoms with van der Waals surface area (Å²) in [5.41, 5.74) is 5.59. The van der Waals surface area contributed by atoms with Gasteiger partial charge >= 0.3 is 0 Å². The van der Waals surface area contributed by atoms with E-state index in [9.17, 15) is 0 Å². The van der Waals surface area contributed by atoms with Gasteiger partial charge < -0.3 is 15.0 Å². The van der Waals surface area contributed by atoms with E-state index >= 15 is 0 Å². The molecule has 0 radical (unpaired) electrons. The molecule has 1 saturated heterocycles. The van der Waals surface area contributed by atoms with E-state index in [4.69, 9.17) is 4.74 Å². The maximum Gasteiger partial charge on any atom is 0.0639 e. The van der Waals surface area contributed by atoms with Gasteiger partial charge in [0.05, 0.1) is 25.3 Å². The van der Waals surface area contributed by atoms with Crippen molar-refractivity contribution in [3.05, 3.63) is 34.4 Å². The molecule has 1 heterocycles. The van der Waals surface area contributed by atoms with E-state index in [-0.39, 0.29) is 0 Å². The van der Waals surface area contributed by atoms with Gasteiger partial charge in [0.15, 0.2) is 0 Å². The van der Waals surface area contributed by atoms with Crippen molar-refractivity contribution in [2.75, 3.05) is 33.9 Å². The van der Waals surface area contributed by atoms with Crippen LogP contribution in [0.15, 0.2) is 12.1 Å². The molecule has 3 nitrogen and oxygen atoms in total. The van der Waals surface area contributed by atoms with Gasteiger partial charge in [-0.05, 0) is 57.1 Å². The van der Waals surface area contributed by atoms with Crippen LogP contribution in [0.2, 0.25) is 0 Å². The lowest BCUT2D eigenvalue weighted by Gasteiger charge is -2.37. The molecule has 1 aliphatic rings. The number of rotatable bonds is 3. The predicted molar refractivity (Wildman–Crippen MR) is 79.7 cm³/mol. The lowest BCUT2D eigenvalue weighted by atomic mass is 9.90. The Hall–Kier alpha value is -0.900. The maximum atomic E-state index is 5.64. The fourth-order valence-corrected chi connectivity index (χ4v) is 2.94. The average Bonchev–Trinajstić information content (AvgIpc) is 2.40. The molecule has 2 unspecified atom stereocenters. The van der Waals surface area contributed by atoms with Crippen LogP contribution in [-0.2, 0) is 4.74 Å². The summed E-state index contributed by atoms with van der Waals surface area (Å²) in [6.45, 7) is 9.18. The summed E-state index contributed by atoms with van der Waals surface area (Å²) in [5.74, 6) is 0. The lowest BCUT2D eigenvalue weighted by Crippen LogP contribution is -2.49. The molecule has 2 atom stereocenters.